The molecule has 0 saturated heterocycles. The van der Waals surface area contributed by atoms with Gasteiger partial charge in [0.15, 0.2) is 5.13 Å². The molecule has 0 radical (unpaired) electrons. The Morgan fingerprint density at radius 2 is 2.06 bits per heavy atom. The van der Waals surface area contributed by atoms with Crippen molar-refractivity contribution in [3.8, 4) is 0 Å². The Morgan fingerprint density at radius 1 is 1.39 bits per heavy atom. The Kier molecular flexibility index (Phi) is 13.8. The summed E-state index contributed by atoms with van der Waals surface area (Å²) in [5, 5.41) is 4.29. The van der Waals surface area contributed by atoms with E-state index in [0.717, 1.165) is 24.5 Å². The molecule has 8 heteroatoms. The molecule has 2 rings (SSSR count). The molecule has 0 spiro atoms. The number of halogens is 2. The lowest BCUT2D eigenvalue weighted by Crippen LogP contribution is -2.34. The Hall–Kier alpha value is -0.110. The highest BCUT2D eigenvalue weighted by Gasteiger charge is 2.21. The summed E-state index contributed by atoms with van der Waals surface area (Å²) in [6, 6.07) is 0.641. The number of nitrogen functional groups attached to an aromatic ring is 1. The number of rotatable bonds is 3. The van der Waals surface area contributed by atoms with Gasteiger partial charge in [-0.1, -0.05) is 6.92 Å². The highest BCUT2D eigenvalue weighted by atomic mass is 35.5. The molecule has 0 aliphatic heterocycles. The van der Waals surface area contributed by atoms with Crippen LogP contribution in [0.15, 0.2) is 0 Å². The second kappa shape index (κ2) is 10.8. The van der Waals surface area contributed by atoms with Crippen molar-refractivity contribution in [3.63, 3.8) is 0 Å². The van der Waals surface area contributed by atoms with Gasteiger partial charge in [-0.3, -0.25) is 0 Å². The summed E-state index contributed by atoms with van der Waals surface area (Å²) in [5.41, 5.74) is 6.93. The quantitative estimate of drug-likeness (QED) is 0.857. The molecule has 1 atom stereocenters. The molecule has 1 aliphatic carbocycles. The molecule has 1 heterocycles. The van der Waals surface area contributed by atoms with Gasteiger partial charge in [0.05, 0.1) is 5.69 Å². The van der Waals surface area contributed by atoms with E-state index in [1.165, 1.54) is 23.4 Å². The van der Waals surface area contributed by atoms with Crippen LogP contribution < -0.4 is 11.1 Å². The van der Waals surface area contributed by atoms with Gasteiger partial charge in [-0.25, -0.2) is 4.98 Å². The number of hydrogen-bond donors (Lipinski definition) is 2. The van der Waals surface area contributed by atoms with Crippen LogP contribution in [0.5, 0.6) is 0 Å². The molecular weight excluding hydrogens is 297 g/mol. The predicted molar refractivity (Wildman–Crippen MR) is 82.4 cm³/mol. The maximum absolute atomic E-state index is 5.69. The zero-order valence-corrected chi connectivity index (χ0v) is 12.8. The lowest BCUT2D eigenvalue weighted by Gasteiger charge is -2.21. The normalized spacial score (nSPS) is 16.2. The first-order chi connectivity index (χ1) is 6.79. The molecule has 1 aliphatic rings. The van der Waals surface area contributed by atoms with E-state index in [9.17, 15) is 0 Å². The fourth-order valence-electron chi connectivity index (χ4n) is 1.92. The van der Waals surface area contributed by atoms with Crippen LogP contribution in [-0.4, -0.2) is 28.5 Å². The number of aryl methyl sites for hydroxylation is 1. The number of aromatic nitrogens is 1. The van der Waals surface area contributed by atoms with Gasteiger partial charge in [0.1, 0.15) is 0 Å². The SMILES string of the molecule is CCCN[C@H]1CCc2nc(N)sc2C1.Cl.Cl.O.O. The van der Waals surface area contributed by atoms with Gasteiger partial charge in [0.25, 0.3) is 0 Å². The van der Waals surface area contributed by atoms with Gasteiger partial charge >= 0.3 is 0 Å². The molecule has 0 fully saturated rings. The summed E-state index contributed by atoms with van der Waals surface area (Å²) in [6.45, 7) is 3.32. The lowest BCUT2D eigenvalue weighted by atomic mass is 9.98. The lowest BCUT2D eigenvalue weighted by molar-refractivity contribution is 0.460. The highest BCUT2D eigenvalue weighted by Crippen LogP contribution is 2.27. The molecule has 5 nitrogen and oxygen atoms in total. The molecule has 18 heavy (non-hydrogen) atoms. The van der Waals surface area contributed by atoms with Crippen LogP contribution in [0, 0.1) is 0 Å². The number of nitrogens with one attached hydrogen (secondary N) is 1. The third-order valence-electron chi connectivity index (χ3n) is 2.64. The summed E-state index contributed by atoms with van der Waals surface area (Å²) < 4.78 is 0. The van der Waals surface area contributed by atoms with Crippen molar-refractivity contribution >= 4 is 41.3 Å². The molecule has 0 unspecified atom stereocenters. The molecule has 0 amide bonds. The first-order valence-corrected chi connectivity index (χ1v) is 6.08. The molecule has 1 aromatic heterocycles. The largest absolute Gasteiger partial charge is 0.412 e. The molecule has 0 bridgehead atoms. The summed E-state index contributed by atoms with van der Waals surface area (Å²) in [6.07, 6.45) is 4.61. The van der Waals surface area contributed by atoms with Gasteiger partial charge in [-0.05, 0) is 32.2 Å². The van der Waals surface area contributed by atoms with Crippen molar-refractivity contribution in [1.29, 1.82) is 0 Å². The van der Waals surface area contributed by atoms with Gasteiger partial charge in [0, 0.05) is 10.9 Å². The van der Waals surface area contributed by atoms with E-state index in [1.807, 2.05) is 0 Å². The standard InChI is InChI=1S/C10H17N3S.2ClH.2H2O/c1-2-5-12-7-3-4-8-9(6-7)14-10(11)13-8;;;;/h7,12H,2-6H2,1H3,(H2,11,13);2*1H;2*1H2/t7-;;;;/m0..../s1. The molecular formula is C10H23Cl2N3O2S. The Labute approximate surface area is 124 Å². The molecule has 7 N–H and O–H groups in total. The van der Waals surface area contributed by atoms with Crippen molar-refractivity contribution < 1.29 is 11.0 Å². The molecule has 1 aromatic rings. The minimum Gasteiger partial charge on any atom is -0.412 e. The minimum atomic E-state index is 0. The second-order valence-electron chi connectivity index (χ2n) is 3.82. The van der Waals surface area contributed by atoms with E-state index >= 15 is 0 Å². The van der Waals surface area contributed by atoms with E-state index in [-0.39, 0.29) is 35.8 Å². The van der Waals surface area contributed by atoms with E-state index in [1.54, 1.807) is 11.3 Å². The number of nitrogens with two attached hydrogens (primary N) is 1. The fraction of sp³-hybridized carbons (Fsp3) is 0.700. The predicted octanol–water partition coefficient (Wildman–Crippen LogP) is 0.776. The molecule has 110 valence electrons. The topological polar surface area (TPSA) is 114 Å². The van der Waals surface area contributed by atoms with Crippen LogP contribution in [0.25, 0.3) is 0 Å². The zero-order valence-electron chi connectivity index (χ0n) is 10.4. The average molecular weight is 320 g/mol. The third kappa shape index (κ3) is 5.69. The number of anilines is 1. The second-order valence-corrected chi connectivity index (χ2v) is 4.93. The van der Waals surface area contributed by atoms with Crippen LogP contribution >= 0.6 is 36.2 Å². The number of nitrogens with zero attached hydrogens (tertiary/aromatic N) is 1. The van der Waals surface area contributed by atoms with Gasteiger partial charge in [-0.15, -0.1) is 36.2 Å². The maximum Gasteiger partial charge on any atom is 0.180 e. The third-order valence-corrected chi connectivity index (χ3v) is 3.59. The Balaban J connectivity index is -0.000000562. The molecule has 0 aromatic carbocycles. The van der Waals surface area contributed by atoms with Crippen LogP contribution in [0.1, 0.15) is 30.3 Å². The van der Waals surface area contributed by atoms with Gasteiger partial charge in [-0.2, -0.15) is 0 Å². The van der Waals surface area contributed by atoms with Crippen molar-refractivity contribution in [1.82, 2.24) is 10.3 Å². The van der Waals surface area contributed by atoms with E-state index in [4.69, 9.17) is 5.73 Å². The van der Waals surface area contributed by atoms with Crippen molar-refractivity contribution in [3.05, 3.63) is 10.6 Å². The van der Waals surface area contributed by atoms with Crippen LogP contribution in [0.3, 0.4) is 0 Å². The first-order valence-electron chi connectivity index (χ1n) is 5.27. The smallest absolute Gasteiger partial charge is 0.180 e. The average Bonchev–Trinajstić information content (AvgIpc) is 2.54. The summed E-state index contributed by atoms with van der Waals surface area (Å²) in [5.74, 6) is 0. The summed E-state index contributed by atoms with van der Waals surface area (Å²) in [4.78, 5) is 5.73. The Morgan fingerprint density at radius 3 is 2.67 bits per heavy atom. The summed E-state index contributed by atoms with van der Waals surface area (Å²) >= 11 is 1.65. The van der Waals surface area contributed by atoms with Crippen LogP contribution in [-0.2, 0) is 12.8 Å². The summed E-state index contributed by atoms with van der Waals surface area (Å²) in [7, 11) is 0. The highest BCUT2D eigenvalue weighted by molar-refractivity contribution is 7.15. The number of thiazole rings is 1. The zero-order chi connectivity index (χ0) is 9.97. The number of fused-ring (bicyclic) bond motifs is 1. The van der Waals surface area contributed by atoms with Crippen molar-refractivity contribution in [2.24, 2.45) is 0 Å². The van der Waals surface area contributed by atoms with Crippen LogP contribution in [0.4, 0.5) is 5.13 Å². The van der Waals surface area contributed by atoms with E-state index in [0.29, 0.717) is 6.04 Å². The Bertz CT molecular complexity index is 326. The first kappa shape index (κ1) is 23.0. The van der Waals surface area contributed by atoms with Gasteiger partial charge < -0.3 is 22.0 Å². The minimum absolute atomic E-state index is 0. The van der Waals surface area contributed by atoms with Crippen molar-refractivity contribution in [2.45, 2.75) is 38.6 Å². The van der Waals surface area contributed by atoms with Crippen LogP contribution in [0.2, 0.25) is 0 Å². The van der Waals surface area contributed by atoms with E-state index < -0.39 is 0 Å². The number of hydrogen-bond acceptors (Lipinski definition) is 4. The maximum atomic E-state index is 5.69. The monoisotopic (exact) mass is 319 g/mol. The molecule has 0 saturated carbocycles. The van der Waals surface area contributed by atoms with Gasteiger partial charge in [0.2, 0.25) is 0 Å². The van der Waals surface area contributed by atoms with E-state index in [2.05, 4.69) is 17.2 Å². The van der Waals surface area contributed by atoms with Crippen molar-refractivity contribution in [2.75, 3.05) is 12.3 Å². The fourth-order valence-corrected chi connectivity index (χ4v) is 2.88.